The number of esters is 4. The lowest BCUT2D eigenvalue weighted by atomic mass is 9.44. The van der Waals surface area contributed by atoms with E-state index in [0.29, 0.717) is 24.8 Å². The standard InChI is InChI=1S/C50H55NO14/c1-27-33-25-50(60)43(64-45(58)31-19-10-7-11-20-31)41-48(5,42(56)40(62-28(2)52)37(27)47(50,3)4)34(53)24-35-49(41,26-61-35)65-36(54)22-13-12-15-29-16-14-21-32(23-29)38(39(55)46(59)63-33)51-44(57)30-17-8-6-9-18-30/h6-11,14,16-21,23,33-35,38-41,43,53,55,60H,12-13,15,22,24-26H2,1-5H3,(H,51,57)/t33-,34-,35+,38-,39+,40+,41-,43-,48+,49-,50+/m0/s1. The Hall–Kier alpha value is -5.74. The van der Waals surface area contributed by atoms with E-state index >= 15 is 4.79 Å². The first kappa shape index (κ1) is 45.8. The summed E-state index contributed by atoms with van der Waals surface area (Å²) in [7, 11) is 0. The molecule has 2 saturated carbocycles. The lowest BCUT2D eigenvalue weighted by molar-refractivity contribution is -0.346. The van der Waals surface area contributed by atoms with Crippen molar-refractivity contribution in [2.24, 2.45) is 16.7 Å². The number of carbonyl (C=O) groups excluding carboxylic acids is 6. The number of aryl methyl sites for hydroxylation is 1. The quantitative estimate of drug-likeness (QED) is 0.158. The van der Waals surface area contributed by atoms with Crippen molar-refractivity contribution in [3.05, 3.63) is 118 Å². The molecule has 2 heterocycles. The normalized spacial score (nSPS) is 34.4. The number of benzene rings is 3. The molecule has 2 aliphatic heterocycles. The molecule has 0 aromatic heterocycles. The van der Waals surface area contributed by atoms with Gasteiger partial charge in [-0.2, -0.15) is 0 Å². The summed E-state index contributed by atoms with van der Waals surface area (Å²) in [6, 6.07) is 21.8. The van der Waals surface area contributed by atoms with Crippen molar-refractivity contribution in [1.29, 1.82) is 0 Å². The Morgan fingerprint density at radius 1 is 0.846 bits per heavy atom. The number of fused-ring (bicyclic) bond motifs is 4. The summed E-state index contributed by atoms with van der Waals surface area (Å²) >= 11 is 0. The van der Waals surface area contributed by atoms with Gasteiger partial charge in [0, 0.05) is 37.2 Å². The minimum absolute atomic E-state index is 0.0110. The summed E-state index contributed by atoms with van der Waals surface area (Å²) in [6.45, 7) is 6.94. The van der Waals surface area contributed by atoms with Gasteiger partial charge in [0.05, 0.1) is 35.6 Å². The fourth-order valence-corrected chi connectivity index (χ4v) is 11.1. The second kappa shape index (κ2) is 17.2. The van der Waals surface area contributed by atoms with Crippen LogP contribution in [0.15, 0.2) is 96.1 Å². The van der Waals surface area contributed by atoms with Crippen molar-refractivity contribution in [2.45, 2.75) is 127 Å². The number of ether oxygens (including phenoxy) is 5. The van der Waals surface area contributed by atoms with Crippen LogP contribution in [-0.2, 0) is 49.3 Å². The van der Waals surface area contributed by atoms with Gasteiger partial charge in [0.15, 0.2) is 23.6 Å². The van der Waals surface area contributed by atoms with E-state index in [1.165, 1.54) is 19.1 Å². The largest absolute Gasteiger partial charge is 0.456 e. The van der Waals surface area contributed by atoms with E-state index in [4.69, 9.17) is 23.7 Å². The summed E-state index contributed by atoms with van der Waals surface area (Å²) in [5.41, 5.74) is -6.17. The summed E-state index contributed by atoms with van der Waals surface area (Å²) in [4.78, 5) is 85.6. The van der Waals surface area contributed by atoms with Crippen LogP contribution < -0.4 is 5.32 Å². The third-order valence-electron chi connectivity index (χ3n) is 14.7. The van der Waals surface area contributed by atoms with E-state index in [1.807, 2.05) is 6.07 Å². The number of aliphatic hydroxyl groups is 3. The topological polar surface area (TPSA) is 221 Å². The average Bonchev–Trinajstić information content (AvgIpc) is 3.28. The van der Waals surface area contributed by atoms with Crippen LogP contribution in [0, 0.1) is 16.7 Å². The van der Waals surface area contributed by atoms with Gasteiger partial charge >= 0.3 is 23.9 Å². The van der Waals surface area contributed by atoms with Crippen LogP contribution in [0.5, 0.6) is 0 Å². The molecule has 3 fully saturated rings. The van der Waals surface area contributed by atoms with Crippen molar-refractivity contribution in [2.75, 3.05) is 6.61 Å². The van der Waals surface area contributed by atoms with E-state index in [-0.39, 0.29) is 41.7 Å². The molecule has 1 spiro atoms. The molecule has 3 aliphatic carbocycles. The fraction of sp³-hybridized carbons (Fsp3) is 0.480. The van der Waals surface area contributed by atoms with Gasteiger partial charge in [-0.05, 0) is 79.6 Å². The molecular formula is C50H55NO14. The predicted octanol–water partition coefficient (Wildman–Crippen LogP) is 4.44. The highest BCUT2D eigenvalue weighted by atomic mass is 16.6. The van der Waals surface area contributed by atoms with Crippen LogP contribution in [0.2, 0.25) is 0 Å². The van der Waals surface area contributed by atoms with E-state index in [9.17, 15) is 39.3 Å². The summed E-state index contributed by atoms with van der Waals surface area (Å²) in [6.07, 6.45) is -9.27. The van der Waals surface area contributed by atoms with Crippen molar-refractivity contribution < 1.29 is 67.8 Å². The van der Waals surface area contributed by atoms with Gasteiger partial charge in [0.25, 0.3) is 5.91 Å². The van der Waals surface area contributed by atoms with E-state index in [0.717, 1.165) is 12.5 Å². The van der Waals surface area contributed by atoms with Gasteiger partial charge in [-0.25, -0.2) is 9.59 Å². The smallest absolute Gasteiger partial charge is 0.338 e. The number of amides is 1. The minimum Gasteiger partial charge on any atom is -0.456 e. The molecule has 3 aromatic rings. The highest BCUT2D eigenvalue weighted by Crippen LogP contribution is 2.64. The lowest BCUT2D eigenvalue weighted by Gasteiger charge is -2.67. The lowest BCUT2D eigenvalue weighted by Crippen LogP contribution is -2.82. The predicted molar refractivity (Wildman–Crippen MR) is 230 cm³/mol. The van der Waals surface area contributed by atoms with Gasteiger partial charge < -0.3 is 44.3 Å². The molecule has 15 heteroatoms. The molecule has 65 heavy (non-hydrogen) atoms. The number of Topliss-reactive ketones (excluding diaryl/α,β-unsaturated/α-hetero) is 1. The molecule has 8 rings (SSSR count). The molecule has 0 unspecified atom stereocenters. The third-order valence-corrected chi connectivity index (χ3v) is 14.7. The number of aliphatic hydroxyl groups excluding tert-OH is 2. The number of hydrogen-bond acceptors (Lipinski definition) is 14. The zero-order chi connectivity index (χ0) is 46.6. The van der Waals surface area contributed by atoms with E-state index in [2.05, 4.69) is 5.32 Å². The zero-order valence-electron chi connectivity index (χ0n) is 37.0. The maximum absolute atomic E-state index is 15.7. The fourth-order valence-electron chi connectivity index (χ4n) is 11.1. The van der Waals surface area contributed by atoms with Gasteiger partial charge in [0.1, 0.15) is 23.9 Å². The monoisotopic (exact) mass is 893 g/mol. The second-order valence-corrected chi connectivity index (χ2v) is 18.8. The third kappa shape index (κ3) is 7.75. The van der Waals surface area contributed by atoms with Crippen LogP contribution in [0.25, 0.3) is 0 Å². The van der Waals surface area contributed by atoms with Gasteiger partial charge in [-0.15, -0.1) is 0 Å². The van der Waals surface area contributed by atoms with Crippen LogP contribution in [0.4, 0.5) is 0 Å². The van der Waals surface area contributed by atoms with Gasteiger partial charge in [0.2, 0.25) is 0 Å². The van der Waals surface area contributed by atoms with Crippen molar-refractivity contribution in [3.8, 4) is 0 Å². The van der Waals surface area contributed by atoms with Gasteiger partial charge in [-0.1, -0.05) is 74.5 Å². The van der Waals surface area contributed by atoms with Crippen LogP contribution in [0.1, 0.15) is 105 Å². The number of ketones is 1. The molecule has 0 radical (unpaired) electrons. The highest BCUT2D eigenvalue weighted by Gasteiger charge is 2.78. The molecule has 6 bridgehead atoms. The van der Waals surface area contributed by atoms with Gasteiger partial charge in [-0.3, -0.25) is 19.2 Å². The molecule has 3 aromatic carbocycles. The highest BCUT2D eigenvalue weighted by molar-refractivity contribution is 5.96. The second-order valence-electron chi connectivity index (χ2n) is 18.8. The summed E-state index contributed by atoms with van der Waals surface area (Å²) in [5, 5.41) is 40.9. The number of hydrogen-bond donors (Lipinski definition) is 4. The Morgan fingerprint density at radius 3 is 2.15 bits per heavy atom. The number of nitrogens with one attached hydrogen (secondary N) is 1. The van der Waals surface area contributed by atoms with Crippen LogP contribution in [0.3, 0.4) is 0 Å². The Bertz CT molecular complexity index is 2420. The minimum atomic E-state index is -2.39. The molecule has 11 atom stereocenters. The molecular weight excluding hydrogens is 839 g/mol. The van der Waals surface area contributed by atoms with E-state index < -0.39 is 113 Å². The molecule has 4 N–H and O–H groups in total. The van der Waals surface area contributed by atoms with Crippen molar-refractivity contribution >= 4 is 35.6 Å². The molecule has 1 saturated heterocycles. The van der Waals surface area contributed by atoms with Crippen LogP contribution >= 0.6 is 0 Å². The van der Waals surface area contributed by atoms with Crippen LogP contribution in [-0.4, -0.2) is 105 Å². The summed E-state index contributed by atoms with van der Waals surface area (Å²) < 4.78 is 31.1. The Kier molecular flexibility index (Phi) is 12.2. The average molecular weight is 894 g/mol. The molecule has 1 amide bonds. The Labute approximate surface area is 376 Å². The molecule has 15 nitrogen and oxygen atoms in total. The maximum Gasteiger partial charge on any atom is 0.338 e. The first-order chi connectivity index (χ1) is 30.8. The maximum atomic E-state index is 15.7. The van der Waals surface area contributed by atoms with Crippen molar-refractivity contribution in [3.63, 3.8) is 0 Å². The Balaban J connectivity index is 1.34. The van der Waals surface area contributed by atoms with Crippen molar-refractivity contribution in [1.82, 2.24) is 5.32 Å². The van der Waals surface area contributed by atoms with E-state index in [1.54, 1.807) is 87.5 Å². The Morgan fingerprint density at radius 2 is 1.51 bits per heavy atom. The summed E-state index contributed by atoms with van der Waals surface area (Å²) in [5.74, 6) is -6.64. The first-order valence-electron chi connectivity index (χ1n) is 22.1. The zero-order valence-corrected chi connectivity index (χ0v) is 37.0. The first-order valence-corrected chi connectivity index (χ1v) is 22.1. The SMILES string of the molecule is CC(=O)O[C@H]1C(=O)[C@@]2(C)[C@@H]3[C@H](OC(=O)c4ccccc4)[C@]4(O)C[C@H](OC(=O)[C@H](O)[C@@H](NC(=O)c5ccccc5)c5cccc(c5)CCCCC(=O)O[C@]35CO[C@@H]5C[C@@H]2O)C(C)=C1C4(C)C. The molecule has 5 aliphatic rings. The number of carbonyl (C=O) groups is 6. The number of rotatable bonds is 5. The molecule has 344 valence electrons.